The van der Waals surface area contributed by atoms with Crippen LogP contribution in [0.1, 0.15) is 150 Å². The van der Waals surface area contributed by atoms with Crippen LogP contribution in [0.3, 0.4) is 0 Å². The molecule has 6 nitrogen and oxygen atoms in total. The monoisotopic (exact) mass is 1200 g/mol. The molecular weight excluding hydrogens is 1120 g/mol. The lowest BCUT2D eigenvalue weighted by atomic mass is 9.53. The molecule has 0 N–H and O–H groups in total. The standard InChI is InChI=1S/C86H76N4O2/c1-81(2,3)53-39-43-69-59(47-53)60-48-54(82(4,5)6)40-44-70(60)89(69)77-51-67-79(91-77)86(65-33-21-25-37-75(65)88(58-29-17-14-18-30-58)76-38-26-22-34-66(76)86)68-52-78(90-71-45-41-55(83(7,8)9)49-61(71)62-50-56(84(10,11)12)42-46-72(62)90)92-80(68)85(67)63-31-19-23-35-73(63)87(57-27-15-13-16-28-57)74-36-24-20-32-64(74)85/h13-52H,1-12H3. The van der Waals surface area contributed by atoms with E-state index < -0.39 is 10.8 Å². The smallest absolute Gasteiger partial charge is 0.205 e. The van der Waals surface area contributed by atoms with Gasteiger partial charge in [0.15, 0.2) is 0 Å². The molecule has 0 atom stereocenters. The number of anilines is 6. The van der Waals surface area contributed by atoms with Crippen LogP contribution in [0.25, 0.3) is 55.4 Å². The second-order valence-electron chi connectivity index (χ2n) is 30.2. The van der Waals surface area contributed by atoms with Crippen LogP contribution in [0, 0.1) is 0 Å². The number of para-hydroxylation sites is 6. The van der Waals surface area contributed by atoms with Crippen molar-refractivity contribution in [1.29, 1.82) is 0 Å². The summed E-state index contributed by atoms with van der Waals surface area (Å²) >= 11 is 0. The number of rotatable bonds is 4. The predicted molar refractivity (Wildman–Crippen MR) is 381 cm³/mol. The van der Waals surface area contributed by atoms with Gasteiger partial charge in [-0.3, -0.25) is 9.13 Å². The predicted octanol–water partition coefficient (Wildman–Crippen LogP) is 22.9. The topological polar surface area (TPSA) is 42.6 Å². The zero-order valence-electron chi connectivity index (χ0n) is 54.7. The molecule has 3 aliphatic rings. The Kier molecular flexibility index (Phi) is 11.7. The van der Waals surface area contributed by atoms with Gasteiger partial charge in [-0.05, 0) is 163 Å². The van der Waals surface area contributed by atoms with Gasteiger partial charge < -0.3 is 18.6 Å². The Bertz CT molecular complexity index is 4730. The van der Waals surface area contributed by atoms with Crippen LogP contribution < -0.4 is 9.80 Å². The van der Waals surface area contributed by atoms with E-state index in [1.165, 1.54) is 43.8 Å². The summed E-state index contributed by atoms with van der Waals surface area (Å²) in [5.41, 5.74) is 19.7. The van der Waals surface area contributed by atoms with Gasteiger partial charge >= 0.3 is 0 Å². The first-order chi connectivity index (χ1) is 44.2. The van der Waals surface area contributed by atoms with Gasteiger partial charge in [0, 0.05) is 56.2 Å². The third-order valence-electron chi connectivity index (χ3n) is 20.6. The number of aromatic nitrogens is 2. The quantitative estimate of drug-likeness (QED) is 0.176. The largest absolute Gasteiger partial charge is 0.443 e. The van der Waals surface area contributed by atoms with E-state index in [0.717, 1.165) is 113 Å². The van der Waals surface area contributed by atoms with Crippen molar-refractivity contribution in [3.63, 3.8) is 0 Å². The normalized spacial score (nSPS) is 14.9. The minimum absolute atomic E-state index is 0.0832. The molecule has 6 heterocycles. The van der Waals surface area contributed by atoms with Crippen molar-refractivity contribution in [1.82, 2.24) is 9.13 Å². The number of nitrogens with zero attached hydrogens (tertiary/aromatic N) is 4. The van der Waals surface area contributed by atoms with Crippen LogP contribution in [0.2, 0.25) is 0 Å². The molecule has 6 heteroatoms. The first-order valence-corrected chi connectivity index (χ1v) is 32.7. The molecule has 0 saturated carbocycles. The molecule has 1 aliphatic carbocycles. The Labute approximate surface area is 539 Å². The first kappa shape index (κ1) is 56.0. The Balaban J connectivity index is 1.08. The van der Waals surface area contributed by atoms with Gasteiger partial charge in [-0.2, -0.15) is 0 Å². The Morgan fingerprint density at radius 3 is 0.772 bits per heavy atom. The number of benzene rings is 10. The summed E-state index contributed by atoms with van der Waals surface area (Å²) in [4.78, 5) is 4.90. The zero-order valence-corrected chi connectivity index (χ0v) is 54.7. The average molecular weight is 1200 g/mol. The van der Waals surface area contributed by atoms with Crippen molar-refractivity contribution in [2.24, 2.45) is 0 Å². The van der Waals surface area contributed by atoms with Crippen molar-refractivity contribution in [2.45, 2.75) is 116 Å². The number of hydrogen-bond acceptors (Lipinski definition) is 4. The molecule has 14 aromatic rings. The summed E-state index contributed by atoms with van der Waals surface area (Å²) in [7, 11) is 0. The molecule has 2 aliphatic heterocycles. The summed E-state index contributed by atoms with van der Waals surface area (Å²) in [5.74, 6) is 3.16. The maximum absolute atomic E-state index is 8.45. The molecule has 92 heavy (non-hydrogen) atoms. The molecule has 0 saturated heterocycles. The molecule has 0 bridgehead atoms. The highest BCUT2D eigenvalue weighted by Crippen LogP contribution is 2.69. The van der Waals surface area contributed by atoms with Crippen molar-refractivity contribution in [2.75, 3.05) is 9.80 Å². The minimum atomic E-state index is -1.12. The second kappa shape index (κ2) is 19.3. The summed E-state index contributed by atoms with van der Waals surface area (Å²) in [5, 5.41) is 4.79. The van der Waals surface area contributed by atoms with E-state index in [0.29, 0.717) is 0 Å². The Morgan fingerprint density at radius 1 is 0.261 bits per heavy atom. The Morgan fingerprint density at radius 2 is 0.511 bits per heavy atom. The van der Waals surface area contributed by atoms with Crippen LogP contribution in [0.5, 0.6) is 0 Å². The molecule has 0 unspecified atom stereocenters. The Hall–Kier alpha value is -10.0. The van der Waals surface area contributed by atoms with E-state index in [4.69, 9.17) is 8.83 Å². The van der Waals surface area contributed by atoms with Gasteiger partial charge in [-0.1, -0.05) is 217 Å². The summed E-state index contributed by atoms with van der Waals surface area (Å²) in [6, 6.07) is 91.1. The number of furan rings is 2. The van der Waals surface area contributed by atoms with E-state index in [9.17, 15) is 0 Å². The highest BCUT2D eigenvalue weighted by atomic mass is 16.4. The fourth-order valence-electron chi connectivity index (χ4n) is 16.0. The van der Waals surface area contributed by atoms with E-state index in [2.05, 4.69) is 345 Å². The lowest BCUT2D eigenvalue weighted by Crippen LogP contribution is -2.48. The van der Waals surface area contributed by atoms with Crippen molar-refractivity contribution < 1.29 is 8.83 Å². The molecule has 2 spiro atoms. The van der Waals surface area contributed by atoms with Gasteiger partial charge in [0.25, 0.3) is 0 Å². The molecule has 0 radical (unpaired) electrons. The van der Waals surface area contributed by atoms with Crippen LogP contribution in [0.4, 0.5) is 34.1 Å². The molecule has 0 fully saturated rings. The zero-order chi connectivity index (χ0) is 63.2. The summed E-state index contributed by atoms with van der Waals surface area (Å²) in [6.07, 6.45) is 0. The maximum atomic E-state index is 8.45. The van der Waals surface area contributed by atoms with Gasteiger partial charge in [0.1, 0.15) is 22.4 Å². The molecule has 452 valence electrons. The van der Waals surface area contributed by atoms with E-state index in [-0.39, 0.29) is 21.7 Å². The first-order valence-electron chi connectivity index (χ1n) is 32.7. The maximum Gasteiger partial charge on any atom is 0.205 e. The van der Waals surface area contributed by atoms with Crippen molar-refractivity contribution >= 4 is 77.7 Å². The SMILES string of the molecule is CC(C)(C)c1ccc2c(c1)c1cc(C(C)(C)C)ccc1n2-c1cc2c(o1)C1(c3ccccc3N(c3ccccc3)c3ccccc31)c1cc(-n3c4ccc(C(C)(C)C)cc4c4cc(C(C)(C)C)ccc43)oc1C21c2ccccc2N(c2ccccc2)c2ccccc21. The lowest BCUT2D eigenvalue weighted by molar-refractivity contribution is 0.388. The average Bonchev–Trinajstić information content (AvgIpc) is 1.27. The molecule has 10 aromatic carbocycles. The van der Waals surface area contributed by atoms with Crippen molar-refractivity contribution in [3.05, 3.63) is 310 Å². The lowest BCUT2D eigenvalue weighted by Gasteiger charge is -2.51. The number of fused-ring (bicyclic) bond motifs is 20. The summed E-state index contributed by atoms with van der Waals surface area (Å²) in [6.45, 7) is 27.7. The second-order valence-corrected chi connectivity index (χ2v) is 30.2. The fraction of sp³-hybridized carbons (Fsp3) is 0.209. The molecular formula is C86H76N4O2. The van der Waals surface area contributed by atoms with Crippen LogP contribution in [-0.2, 0) is 32.5 Å². The summed E-state index contributed by atoms with van der Waals surface area (Å²) < 4.78 is 21.7. The van der Waals surface area contributed by atoms with E-state index in [1.54, 1.807) is 0 Å². The van der Waals surface area contributed by atoms with Gasteiger partial charge in [0.2, 0.25) is 11.8 Å². The number of hydrogen-bond donors (Lipinski definition) is 0. The minimum Gasteiger partial charge on any atom is -0.443 e. The van der Waals surface area contributed by atoms with E-state index in [1.807, 2.05) is 0 Å². The van der Waals surface area contributed by atoms with Gasteiger partial charge in [0.05, 0.1) is 44.8 Å². The highest BCUT2D eigenvalue weighted by Gasteiger charge is 2.64. The van der Waals surface area contributed by atoms with Gasteiger partial charge in [-0.25, -0.2) is 0 Å². The third-order valence-corrected chi connectivity index (χ3v) is 20.6. The van der Waals surface area contributed by atoms with Crippen LogP contribution in [-0.4, -0.2) is 9.13 Å². The van der Waals surface area contributed by atoms with Crippen LogP contribution >= 0.6 is 0 Å². The van der Waals surface area contributed by atoms with Crippen LogP contribution in [0.15, 0.2) is 251 Å². The highest BCUT2D eigenvalue weighted by molar-refractivity contribution is 6.11. The van der Waals surface area contributed by atoms with Crippen molar-refractivity contribution in [3.8, 4) is 11.8 Å². The fourth-order valence-corrected chi connectivity index (χ4v) is 16.0. The third kappa shape index (κ3) is 7.73. The molecule has 17 rings (SSSR count). The molecule has 0 amide bonds. The van der Waals surface area contributed by atoms with E-state index >= 15 is 0 Å². The molecule has 4 aromatic heterocycles. The van der Waals surface area contributed by atoms with Gasteiger partial charge in [-0.15, -0.1) is 0 Å².